The van der Waals surface area contributed by atoms with E-state index in [4.69, 9.17) is 0 Å². The lowest BCUT2D eigenvalue weighted by Crippen LogP contribution is -2.35. The molecule has 4 rings (SSSR count). The largest absolute Gasteiger partial charge is 0.330 e. The number of nitrogens with one attached hydrogen (secondary N) is 2. The molecule has 0 aliphatic heterocycles. The maximum absolute atomic E-state index is 12.5. The number of thiophene rings is 1. The van der Waals surface area contributed by atoms with Crippen LogP contribution in [0.1, 0.15) is 36.6 Å². The standard InChI is InChI=1S/C19H21N5OS/c25-19(22-15-8-9-17(20-13-15)24-11-4-10-21-24)23-18(14-5-1-2-6-14)16-7-3-12-26-16/h3-4,7-14,18H,1-2,5-6H2,(H2,22,23,25)/t18-/m1/s1. The maximum Gasteiger partial charge on any atom is 0.319 e. The molecule has 3 aromatic rings. The smallest absolute Gasteiger partial charge is 0.319 e. The van der Waals surface area contributed by atoms with Crippen LogP contribution < -0.4 is 10.6 Å². The van der Waals surface area contributed by atoms with Gasteiger partial charge >= 0.3 is 6.03 Å². The molecule has 7 heteroatoms. The molecule has 134 valence electrons. The van der Waals surface area contributed by atoms with Crippen LogP contribution >= 0.6 is 11.3 Å². The number of carbonyl (C=O) groups is 1. The number of aromatic nitrogens is 3. The zero-order valence-electron chi connectivity index (χ0n) is 14.3. The van der Waals surface area contributed by atoms with Gasteiger partial charge in [0.25, 0.3) is 0 Å². The zero-order valence-corrected chi connectivity index (χ0v) is 15.2. The van der Waals surface area contributed by atoms with Crippen LogP contribution in [-0.4, -0.2) is 20.8 Å². The van der Waals surface area contributed by atoms with Gasteiger partial charge < -0.3 is 10.6 Å². The summed E-state index contributed by atoms with van der Waals surface area (Å²) >= 11 is 1.70. The number of rotatable bonds is 5. The summed E-state index contributed by atoms with van der Waals surface area (Å²) < 4.78 is 1.68. The van der Waals surface area contributed by atoms with Crippen molar-refractivity contribution in [2.75, 3.05) is 5.32 Å². The summed E-state index contributed by atoms with van der Waals surface area (Å²) in [5.74, 6) is 1.23. The minimum Gasteiger partial charge on any atom is -0.330 e. The summed E-state index contributed by atoms with van der Waals surface area (Å²) in [6.45, 7) is 0. The van der Waals surface area contributed by atoms with E-state index in [1.54, 1.807) is 28.4 Å². The number of amides is 2. The average molecular weight is 367 g/mol. The Kier molecular flexibility index (Phi) is 4.97. The van der Waals surface area contributed by atoms with Crippen molar-refractivity contribution in [2.45, 2.75) is 31.7 Å². The molecular formula is C19H21N5OS. The van der Waals surface area contributed by atoms with Gasteiger partial charge in [-0.2, -0.15) is 5.10 Å². The molecule has 1 atom stereocenters. The lowest BCUT2D eigenvalue weighted by atomic mass is 9.97. The van der Waals surface area contributed by atoms with Gasteiger partial charge in [-0.15, -0.1) is 11.3 Å². The van der Waals surface area contributed by atoms with Crippen LogP contribution in [0.4, 0.5) is 10.5 Å². The van der Waals surface area contributed by atoms with Gasteiger partial charge in [-0.1, -0.05) is 18.9 Å². The Morgan fingerprint density at radius 1 is 1.23 bits per heavy atom. The number of hydrogen-bond acceptors (Lipinski definition) is 4. The van der Waals surface area contributed by atoms with Gasteiger partial charge in [0.1, 0.15) is 0 Å². The first kappa shape index (κ1) is 16.8. The van der Waals surface area contributed by atoms with Crippen molar-refractivity contribution < 1.29 is 4.79 Å². The molecular weight excluding hydrogens is 346 g/mol. The van der Waals surface area contributed by atoms with Gasteiger partial charge in [-0.3, -0.25) is 0 Å². The highest BCUT2D eigenvalue weighted by Gasteiger charge is 2.28. The maximum atomic E-state index is 12.5. The van der Waals surface area contributed by atoms with Crippen LogP contribution in [0.15, 0.2) is 54.3 Å². The van der Waals surface area contributed by atoms with Crippen LogP contribution in [0.2, 0.25) is 0 Å². The topological polar surface area (TPSA) is 71.8 Å². The van der Waals surface area contributed by atoms with Gasteiger partial charge in [0.15, 0.2) is 5.82 Å². The SMILES string of the molecule is O=C(Nc1ccc(-n2cccn2)nc1)N[C@@H](c1cccs1)C1CCCC1. The number of pyridine rings is 1. The monoisotopic (exact) mass is 367 g/mol. The summed E-state index contributed by atoms with van der Waals surface area (Å²) in [5.41, 5.74) is 0.662. The normalized spacial score (nSPS) is 15.7. The molecule has 0 bridgehead atoms. The first-order valence-corrected chi connectivity index (χ1v) is 9.74. The third kappa shape index (κ3) is 3.77. The van der Waals surface area contributed by atoms with Gasteiger partial charge in [0.05, 0.1) is 17.9 Å². The fraction of sp³-hybridized carbons (Fsp3) is 0.316. The molecule has 0 radical (unpaired) electrons. The Labute approximate surface area is 156 Å². The van der Waals surface area contributed by atoms with E-state index >= 15 is 0 Å². The third-order valence-electron chi connectivity index (χ3n) is 4.75. The van der Waals surface area contributed by atoms with E-state index in [1.165, 1.54) is 30.6 Å². The summed E-state index contributed by atoms with van der Waals surface area (Å²) in [6.07, 6.45) is 10.0. The Bertz CT molecular complexity index is 823. The summed E-state index contributed by atoms with van der Waals surface area (Å²) in [6, 6.07) is 9.54. The lowest BCUT2D eigenvalue weighted by molar-refractivity contribution is 0.243. The second kappa shape index (κ2) is 7.70. The van der Waals surface area contributed by atoms with Crippen molar-refractivity contribution in [1.29, 1.82) is 0 Å². The van der Waals surface area contributed by atoms with E-state index in [9.17, 15) is 4.79 Å². The van der Waals surface area contributed by atoms with Crippen molar-refractivity contribution in [2.24, 2.45) is 5.92 Å². The highest BCUT2D eigenvalue weighted by molar-refractivity contribution is 7.10. The molecule has 0 spiro atoms. The van der Waals surface area contributed by atoms with Crippen LogP contribution in [0.5, 0.6) is 0 Å². The van der Waals surface area contributed by atoms with Crippen LogP contribution in [0.3, 0.4) is 0 Å². The summed E-state index contributed by atoms with van der Waals surface area (Å²) in [5, 5.41) is 12.3. The Morgan fingerprint density at radius 3 is 2.77 bits per heavy atom. The lowest BCUT2D eigenvalue weighted by Gasteiger charge is -2.24. The van der Waals surface area contributed by atoms with Gasteiger partial charge in [0, 0.05) is 17.3 Å². The van der Waals surface area contributed by atoms with Gasteiger partial charge in [-0.05, 0) is 48.4 Å². The van der Waals surface area contributed by atoms with Crippen molar-refractivity contribution in [3.8, 4) is 5.82 Å². The number of hydrogen-bond donors (Lipinski definition) is 2. The van der Waals surface area contributed by atoms with Crippen LogP contribution in [0.25, 0.3) is 5.82 Å². The molecule has 0 saturated heterocycles. The first-order valence-electron chi connectivity index (χ1n) is 8.86. The predicted molar refractivity (Wildman–Crippen MR) is 103 cm³/mol. The molecule has 1 saturated carbocycles. The minimum absolute atomic E-state index is 0.0776. The quantitative estimate of drug-likeness (QED) is 0.703. The molecule has 1 aliphatic carbocycles. The molecule has 3 aromatic heterocycles. The molecule has 1 fully saturated rings. The molecule has 3 heterocycles. The first-order chi connectivity index (χ1) is 12.8. The van der Waals surface area contributed by atoms with Crippen molar-refractivity contribution in [3.05, 3.63) is 59.2 Å². The summed E-state index contributed by atoms with van der Waals surface area (Å²) in [7, 11) is 0. The molecule has 0 unspecified atom stereocenters. The molecule has 0 aromatic carbocycles. The Hall–Kier alpha value is -2.67. The summed E-state index contributed by atoms with van der Waals surface area (Å²) in [4.78, 5) is 18.1. The van der Waals surface area contributed by atoms with Gasteiger partial charge in [-0.25, -0.2) is 14.5 Å². The van der Waals surface area contributed by atoms with Crippen molar-refractivity contribution in [3.63, 3.8) is 0 Å². The zero-order chi connectivity index (χ0) is 17.8. The minimum atomic E-state index is -0.191. The fourth-order valence-corrected chi connectivity index (χ4v) is 4.36. The van der Waals surface area contributed by atoms with Crippen molar-refractivity contribution in [1.82, 2.24) is 20.1 Å². The van der Waals surface area contributed by atoms with E-state index in [0.29, 0.717) is 17.4 Å². The Balaban J connectivity index is 1.42. The van der Waals surface area contributed by atoms with E-state index in [2.05, 4.69) is 32.2 Å². The van der Waals surface area contributed by atoms with E-state index in [1.807, 2.05) is 30.5 Å². The highest BCUT2D eigenvalue weighted by Crippen LogP contribution is 2.37. The van der Waals surface area contributed by atoms with E-state index in [0.717, 1.165) is 0 Å². The Morgan fingerprint density at radius 2 is 2.12 bits per heavy atom. The van der Waals surface area contributed by atoms with E-state index in [-0.39, 0.29) is 12.1 Å². The third-order valence-corrected chi connectivity index (χ3v) is 5.71. The molecule has 2 amide bonds. The molecule has 1 aliphatic rings. The number of carbonyl (C=O) groups excluding carboxylic acids is 1. The van der Waals surface area contributed by atoms with Crippen LogP contribution in [-0.2, 0) is 0 Å². The predicted octanol–water partition coefficient (Wildman–Crippen LogP) is 4.38. The van der Waals surface area contributed by atoms with Crippen LogP contribution in [0, 0.1) is 5.92 Å². The molecule has 26 heavy (non-hydrogen) atoms. The highest BCUT2D eigenvalue weighted by atomic mass is 32.1. The number of nitrogens with zero attached hydrogens (tertiary/aromatic N) is 3. The van der Waals surface area contributed by atoms with Crippen molar-refractivity contribution >= 4 is 23.1 Å². The number of urea groups is 1. The van der Waals surface area contributed by atoms with Gasteiger partial charge in [0.2, 0.25) is 0 Å². The molecule has 6 nitrogen and oxygen atoms in total. The molecule has 2 N–H and O–H groups in total. The fourth-order valence-electron chi connectivity index (χ4n) is 3.49. The number of anilines is 1. The second-order valence-corrected chi connectivity index (χ2v) is 7.47. The second-order valence-electron chi connectivity index (χ2n) is 6.49. The van der Waals surface area contributed by atoms with E-state index < -0.39 is 0 Å². The average Bonchev–Trinajstić information content (AvgIpc) is 3.44.